The quantitative estimate of drug-likeness (QED) is 0.787. The van der Waals surface area contributed by atoms with Crippen LogP contribution in [-0.4, -0.2) is 6.54 Å². The van der Waals surface area contributed by atoms with E-state index < -0.39 is 0 Å². The Morgan fingerprint density at radius 2 is 1.90 bits per heavy atom. The number of nitrogens with one attached hydrogen (secondary N) is 1. The molecule has 0 saturated carbocycles. The number of benzene rings is 2. The predicted octanol–water partition coefficient (Wildman–Crippen LogP) is 4.57. The molecule has 0 bridgehead atoms. The van der Waals surface area contributed by atoms with Crippen LogP contribution in [0.5, 0.6) is 11.5 Å². The standard InChI is InChI=1S/C17H19F2NO/c1-3-9-20-11-14-15(19)5-4-6-17(14)21-16-8-7-13(18)10-12(16)2/h4-8,10,20H,3,9,11H2,1-2H3. The molecule has 2 rings (SSSR count). The Morgan fingerprint density at radius 3 is 2.62 bits per heavy atom. The zero-order chi connectivity index (χ0) is 15.2. The van der Waals surface area contributed by atoms with Crippen molar-refractivity contribution in [3.05, 3.63) is 59.2 Å². The van der Waals surface area contributed by atoms with Crippen LogP contribution in [0.15, 0.2) is 36.4 Å². The van der Waals surface area contributed by atoms with Crippen LogP contribution in [0.2, 0.25) is 0 Å². The molecule has 2 aromatic rings. The molecule has 0 unspecified atom stereocenters. The van der Waals surface area contributed by atoms with Gasteiger partial charge in [-0.3, -0.25) is 0 Å². The summed E-state index contributed by atoms with van der Waals surface area (Å²) < 4.78 is 32.8. The van der Waals surface area contributed by atoms with Gasteiger partial charge in [0.15, 0.2) is 0 Å². The van der Waals surface area contributed by atoms with Crippen molar-refractivity contribution in [3.63, 3.8) is 0 Å². The van der Waals surface area contributed by atoms with Crippen molar-refractivity contribution in [2.75, 3.05) is 6.54 Å². The van der Waals surface area contributed by atoms with Crippen molar-refractivity contribution in [1.29, 1.82) is 0 Å². The lowest BCUT2D eigenvalue weighted by atomic mass is 10.1. The van der Waals surface area contributed by atoms with Gasteiger partial charge in [-0.1, -0.05) is 13.0 Å². The molecule has 0 heterocycles. The number of ether oxygens (including phenoxy) is 1. The number of halogens is 2. The molecule has 0 atom stereocenters. The van der Waals surface area contributed by atoms with Crippen LogP contribution in [0.3, 0.4) is 0 Å². The van der Waals surface area contributed by atoms with Gasteiger partial charge in [-0.25, -0.2) is 8.78 Å². The summed E-state index contributed by atoms with van der Waals surface area (Å²) in [6, 6.07) is 9.01. The molecule has 0 aromatic heterocycles. The minimum Gasteiger partial charge on any atom is -0.457 e. The fraction of sp³-hybridized carbons (Fsp3) is 0.294. The van der Waals surface area contributed by atoms with Crippen molar-refractivity contribution in [1.82, 2.24) is 5.32 Å². The van der Waals surface area contributed by atoms with E-state index in [4.69, 9.17) is 4.74 Å². The van der Waals surface area contributed by atoms with E-state index in [1.807, 2.05) is 6.92 Å². The van der Waals surface area contributed by atoms with Crippen LogP contribution in [-0.2, 0) is 6.54 Å². The van der Waals surface area contributed by atoms with Gasteiger partial charge in [-0.2, -0.15) is 0 Å². The number of hydrogen-bond donors (Lipinski definition) is 1. The van der Waals surface area contributed by atoms with Crippen LogP contribution < -0.4 is 10.1 Å². The minimum absolute atomic E-state index is 0.309. The van der Waals surface area contributed by atoms with E-state index in [9.17, 15) is 8.78 Å². The second-order valence-corrected chi connectivity index (χ2v) is 4.91. The molecule has 4 heteroatoms. The average Bonchev–Trinajstić information content (AvgIpc) is 2.45. The van der Waals surface area contributed by atoms with E-state index in [1.54, 1.807) is 25.1 Å². The van der Waals surface area contributed by atoms with Gasteiger partial charge in [-0.15, -0.1) is 0 Å². The normalized spacial score (nSPS) is 10.7. The maximum absolute atomic E-state index is 14.0. The first kappa shape index (κ1) is 15.4. The summed E-state index contributed by atoms with van der Waals surface area (Å²) in [5, 5.41) is 3.16. The lowest BCUT2D eigenvalue weighted by Crippen LogP contribution is -2.15. The van der Waals surface area contributed by atoms with Crippen LogP contribution in [0, 0.1) is 18.6 Å². The zero-order valence-electron chi connectivity index (χ0n) is 12.2. The fourth-order valence-electron chi connectivity index (χ4n) is 2.04. The third kappa shape index (κ3) is 4.02. The van der Waals surface area contributed by atoms with E-state index in [1.165, 1.54) is 18.2 Å². The van der Waals surface area contributed by atoms with E-state index in [0.717, 1.165) is 13.0 Å². The lowest BCUT2D eigenvalue weighted by molar-refractivity contribution is 0.457. The van der Waals surface area contributed by atoms with Gasteiger partial charge in [0.05, 0.1) is 0 Å². The Hall–Kier alpha value is -1.94. The van der Waals surface area contributed by atoms with Gasteiger partial charge >= 0.3 is 0 Å². The summed E-state index contributed by atoms with van der Waals surface area (Å²) in [5.41, 5.74) is 1.15. The Labute approximate surface area is 123 Å². The molecule has 1 N–H and O–H groups in total. The molecule has 0 aliphatic carbocycles. The summed E-state index contributed by atoms with van der Waals surface area (Å²) >= 11 is 0. The first-order chi connectivity index (χ1) is 10.1. The summed E-state index contributed by atoms with van der Waals surface area (Å²) in [6.45, 7) is 5.01. The molecule has 0 radical (unpaired) electrons. The highest BCUT2D eigenvalue weighted by atomic mass is 19.1. The van der Waals surface area contributed by atoms with Crippen molar-refractivity contribution < 1.29 is 13.5 Å². The number of aryl methyl sites for hydroxylation is 1. The van der Waals surface area contributed by atoms with Gasteiger partial charge < -0.3 is 10.1 Å². The average molecular weight is 291 g/mol. The molecule has 0 aliphatic heterocycles. The van der Waals surface area contributed by atoms with Gasteiger partial charge in [0, 0.05) is 12.1 Å². The highest BCUT2D eigenvalue weighted by molar-refractivity contribution is 5.41. The first-order valence-electron chi connectivity index (χ1n) is 7.04. The molecule has 112 valence electrons. The van der Waals surface area contributed by atoms with Crippen LogP contribution in [0.1, 0.15) is 24.5 Å². The van der Waals surface area contributed by atoms with Gasteiger partial charge in [0.1, 0.15) is 23.1 Å². The van der Waals surface area contributed by atoms with Crippen LogP contribution in [0.25, 0.3) is 0 Å². The molecule has 0 aliphatic rings. The van der Waals surface area contributed by atoms with Crippen molar-refractivity contribution in [3.8, 4) is 11.5 Å². The Balaban J connectivity index is 2.24. The number of hydrogen-bond acceptors (Lipinski definition) is 2. The van der Waals surface area contributed by atoms with Gasteiger partial charge in [0.2, 0.25) is 0 Å². The fourth-order valence-corrected chi connectivity index (χ4v) is 2.04. The summed E-state index contributed by atoms with van der Waals surface area (Å²) in [6.07, 6.45) is 0.974. The van der Waals surface area contributed by atoms with Crippen molar-refractivity contribution >= 4 is 0 Å². The molecule has 21 heavy (non-hydrogen) atoms. The summed E-state index contributed by atoms with van der Waals surface area (Å²) in [4.78, 5) is 0. The van der Waals surface area contributed by atoms with Crippen LogP contribution in [0.4, 0.5) is 8.78 Å². The molecular weight excluding hydrogens is 272 g/mol. The third-order valence-corrected chi connectivity index (χ3v) is 3.16. The highest BCUT2D eigenvalue weighted by Gasteiger charge is 2.11. The topological polar surface area (TPSA) is 21.3 Å². The maximum atomic E-state index is 14.0. The molecule has 2 aromatic carbocycles. The SMILES string of the molecule is CCCNCc1c(F)cccc1Oc1ccc(F)cc1C. The van der Waals surface area contributed by atoms with E-state index in [-0.39, 0.29) is 11.6 Å². The molecule has 0 amide bonds. The second kappa shape index (κ2) is 7.18. The molecular formula is C17H19F2NO. The van der Waals surface area contributed by atoms with Crippen molar-refractivity contribution in [2.45, 2.75) is 26.8 Å². The lowest BCUT2D eigenvalue weighted by Gasteiger charge is -2.14. The Morgan fingerprint density at radius 1 is 1.10 bits per heavy atom. The van der Waals surface area contributed by atoms with Crippen LogP contribution >= 0.6 is 0 Å². The largest absolute Gasteiger partial charge is 0.457 e. The first-order valence-corrected chi connectivity index (χ1v) is 7.04. The molecule has 2 nitrogen and oxygen atoms in total. The van der Waals surface area contributed by atoms with Gasteiger partial charge in [-0.05, 0) is 55.8 Å². The zero-order valence-corrected chi connectivity index (χ0v) is 12.2. The Bertz CT molecular complexity index is 614. The summed E-state index contributed by atoms with van der Waals surface area (Å²) in [5.74, 6) is 0.354. The highest BCUT2D eigenvalue weighted by Crippen LogP contribution is 2.29. The molecule has 0 saturated heterocycles. The van der Waals surface area contributed by atoms with E-state index >= 15 is 0 Å². The molecule has 0 spiro atoms. The smallest absolute Gasteiger partial charge is 0.134 e. The Kier molecular flexibility index (Phi) is 5.28. The third-order valence-electron chi connectivity index (χ3n) is 3.16. The van der Waals surface area contributed by atoms with Gasteiger partial charge in [0.25, 0.3) is 0 Å². The van der Waals surface area contributed by atoms with E-state index in [2.05, 4.69) is 5.32 Å². The summed E-state index contributed by atoms with van der Waals surface area (Å²) in [7, 11) is 0. The minimum atomic E-state index is -0.316. The maximum Gasteiger partial charge on any atom is 0.134 e. The molecule has 0 fully saturated rings. The predicted molar refractivity (Wildman–Crippen MR) is 79.6 cm³/mol. The van der Waals surface area contributed by atoms with E-state index in [0.29, 0.717) is 29.2 Å². The number of rotatable bonds is 6. The second-order valence-electron chi connectivity index (χ2n) is 4.91. The monoisotopic (exact) mass is 291 g/mol. The van der Waals surface area contributed by atoms with Crippen molar-refractivity contribution in [2.24, 2.45) is 0 Å².